The third kappa shape index (κ3) is 5.23. The number of aromatic nitrogens is 1. The van der Waals surface area contributed by atoms with Crippen LogP contribution in [-0.4, -0.2) is 36.1 Å². The summed E-state index contributed by atoms with van der Waals surface area (Å²) in [6, 6.07) is 7.34. The lowest BCUT2D eigenvalue weighted by atomic mass is 10.3. The number of pyridine rings is 1. The highest BCUT2D eigenvalue weighted by molar-refractivity contribution is 9.10. The molecule has 120 valence electrons. The molecule has 23 heavy (non-hydrogen) atoms. The molecule has 0 bridgehead atoms. The van der Waals surface area contributed by atoms with Crippen molar-refractivity contribution in [2.45, 2.75) is 6.54 Å². The van der Waals surface area contributed by atoms with Crippen LogP contribution in [0.1, 0.15) is 10.4 Å². The number of nitrogens with zero attached hydrogens (tertiary/aromatic N) is 3. The quantitative estimate of drug-likeness (QED) is 0.738. The lowest BCUT2D eigenvalue weighted by Gasteiger charge is -2.17. The first-order valence-corrected chi connectivity index (χ1v) is 8.58. The Morgan fingerprint density at radius 2 is 2.35 bits per heavy atom. The molecule has 2 rings (SSSR count). The van der Waals surface area contributed by atoms with Crippen LogP contribution in [0.15, 0.2) is 34.2 Å². The van der Waals surface area contributed by atoms with Crippen molar-refractivity contribution in [2.75, 3.05) is 25.5 Å². The highest BCUT2D eigenvalue weighted by atomic mass is 79.9. The van der Waals surface area contributed by atoms with Gasteiger partial charge in [0.05, 0.1) is 12.1 Å². The van der Waals surface area contributed by atoms with E-state index < -0.39 is 0 Å². The average Bonchev–Trinajstić information content (AvgIpc) is 2.96. The number of rotatable bonds is 6. The molecule has 0 aromatic carbocycles. The van der Waals surface area contributed by atoms with Gasteiger partial charge in [-0.15, -0.1) is 11.3 Å². The van der Waals surface area contributed by atoms with Gasteiger partial charge >= 0.3 is 6.03 Å². The number of hydrogen-bond acceptors (Lipinski definition) is 5. The molecule has 0 spiro atoms. The number of hydrogen-bond donors (Lipinski definition) is 2. The Labute approximate surface area is 147 Å². The topological polar surface area (TPSA) is 81.1 Å². The van der Waals surface area contributed by atoms with Crippen LogP contribution >= 0.6 is 27.3 Å². The Morgan fingerprint density at radius 3 is 3.04 bits per heavy atom. The van der Waals surface area contributed by atoms with E-state index in [1.54, 1.807) is 41.6 Å². The number of carbonyl (C=O) groups is 1. The third-order valence-corrected chi connectivity index (χ3v) is 4.67. The molecule has 2 aromatic rings. The first-order valence-electron chi connectivity index (χ1n) is 6.91. The first-order chi connectivity index (χ1) is 11.1. The number of halogens is 1. The summed E-state index contributed by atoms with van der Waals surface area (Å²) in [5, 5.41) is 16.8. The Morgan fingerprint density at radius 1 is 1.52 bits per heavy atom. The maximum atomic E-state index is 12.0. The maximum absolute atomic E-state index is 12.0. The van der Waals surface area contributed by atoms with E-state index in [-0.39, 0.29) is 6.03 Å². The molecule has 8 heteroatoms. The van der Waals surface area contributed by atoms with Crippen molar-refractivity contribution in [1.29, 1.82) is 5.26 Å². The van der Waals surface area contributed by atoms with E-state index in [9.17, 15) is 4.79 Å². The van der Waals surface area contributed by atoms with Crippen molar-refractivity contribution >= 4 is 39.1 Å². The average molecular weight is 394 g/mol. The summed E-state index contributed by atoms with van der Waals surface area (Å²) in [5.41, 5.74) is 0.485. The molecular formula is C15H16BrN5OS. The van der Waals surface area contributed by atoms with Gasteiger partial charge in [0.1, 0.15) is 11.9 Å². The van der Waals surface area contributed by atoms with Crippen LogP contribution in [-0.2, 0) is 6.54 Å². The van der Waals surface area contributed by atoms with E-state index in [1.165, 1.54) is 0 Å². The molecule has 0 unspecified atom stereocenters. The number of amides is 2. The molecule has 2 N–H and O–H groups in total. The molecule has 0 atom stereocenters. The third-order valence-electron chi connectivity index (χ3n) is 2.98. The van der Waals surface area contributed by atoms with E-state index in [1.807, 2.05) is 11.4 Å². The van der Waals surface area contributed by atoms with Crippen molar-refractivity contribution in [3.05, 3.63) is 44.7 Å². The van der Waals surface area contributed by atoms with Crippen molar-refractivity contribution in [3.63, 3.8) is 0 Å². The van der Waals surface area contributed by atoms with Gasteiger partial charge in [0.15, 0.2) is 0 Å². The standard InChI is InChI=1S/C15H16BrN5OS/c1-21(9-13-7-12(16)10-23-13)15(22)20-6-5-19-14-11(8-17)3-2-4-18-14/h2-4,7,10H,5-6,9H2,1H3,(H,18,19)(H,20,22). The molecule has 2 heterocycles. The van der Waals surface area contributed by atoms with Gasteiger partial charge in [0.2, 0.25) is 0 Å². The predicted molar refractivity (Wildman–Crippen MR) is 94.3 cm³/mol. The second kappa shape index (κ2) is 8.50. The van der Waals surface area contributed by atoms with E-state index >= 15 is 0 Å². The van der Waals surface area contributed by atoms with E-state index in [0.29, 0.717) is 31.0 Å². The molecule has 0 aliphatic heterocycles. The summed E-state index contributed by atoms with van der Waals surface area (Å²) in [6.07, 6.45) is 1.62. The number of nitrogens with one attached hydrogen (secondary N) is 2. The molecule has 0 saturated heterocycles. The Balaban J connectivity index is 1.73. The van der Waals surface area contributed by atoms with Crippen LogP contribution in [0.3, 0.4) is 0 Å². The van der Waals surface area contributed by atoms with Gasteiger partial charge in [-0.05, 0) is 34.1 Å². The van der Waals surface area contributed by atoms with Crippen molar-refractivity contribution < 1.29 is 4.79 Å². The smallest absolute Gasteiger partial charge is 0.317 e. The second-order valence-corrected chi connectivity index (χ2v) is 6.67. The lowest BCUT2D eigenvalue weighted by molar-refractivity contribution is 0.208. The van der Waals surface area contributed by atoms with Gasteiger partial charge in [-0.25, -0.2) is 9.78 Å². The fraction of sp³-hybridized carbons (Fsp3) is 0.267. The maximum Gasteiger partial charge on any atom is 0.317 e. The number of anilines is 1. The van der Waals surface area contributed by atoms with Gasteiger partial charge in [0.25, 0.3) is 0 Å². The fourth-order valence-electron chi connectivity index (χ4n) is 1.86. The zero-order valence-corrected chi connectivity index (χ0v) is 14.9. The highest BCUT2D eigenvalue weighted by Crippen LogP contribution is 2.20. The summed E-state index contributed by atoms with van der Waals surface area (Å²) in [7, 11) is 1.75. The van der Waals surface area contributed by atoms with Crippen LogP contribution in [0.2, 0.25) is 0 Å². The van der Waals surface area contributed by atoms with Crippen LogP contribution < -0.4 is 10.6 Å². The molecule has 2 amide bonds. The Bertz CT molecular complexity index is 712. The number of thiophene rings is 1. The molecule has 0 saturated carbocycles. The predicted octanol–water partition coefficient (Wildman–Crippen LogP) is 3.03. The molecule has 6 nitrogen and oxygen atoms in total. The van der Waals surface area contributed by atoms with Gasteiger partial charge in [-0.3, -0.25) is 0 Å². The molecule has 0 aliphatic rings. The van der Waals surface area contributed by atoms with E-state index in [2.05, 4.69) is 37.6 Å². The van der Waals surface area contributed by atoms with Gasteiger partial charge in [0, 0.05) is 41.1 Å². The zero-order valence-electron chi connectivity index (χ0n) is 12.5. The molecular weight excluding hydrogens is 378 g/mol. The van der Waals surface area contributed by atoms with E-state index in [0.717, 1.165) is 9.35 Å². The zero-order chi connectivity index (χ0) is 16.7. The fourth-order valence-corrected chi connectivity index (χ4v) is 3.37. The van der Waals surface area contributed by atoms with Crippen molar-refractivity contribution in [3.8, 4) is 6.07 Å². The molecule has 0 fully saturated rings. The molecule has 0 aliphatic carbocycles. The molecule has 2 aromatic heterocycles. The summed E-state index contributed by atoms with van der Waals surface area (Å²) < 4.78 is 1.03. The van der Waals surface area contributed by atoms with Gasteiger partial charge < -0.3 is 15.5 Å². The molecule has 0 radical (unpaired) electrons. The Hall–Kier alpha value is -2.11. The highest BCUT2D eigenvalue weighted by Gasteiger charge is 2.09. The second-order valence-electron chi connectivity index (χ2n) is 4.76. The monoisotopic (exact) mass is 393 g/mol. The number of carbonyl (C=O) groups excluding carboxylic acids is 1. The largest absolute Gasteiger partial charge is 0.367 e. The van der Waals surface area contributed by atoms with Crippen LogP contribution in [0.4, 0.5) is 10.6 Å². The minimum atomic E-state index is -0.141. The van der Waals surface area contributed by atoms with Gasteiger partial charge in [-0.2, -0.15) is 5.26 Å². The summed E-state index contributed by atoms with van der Waals surface area (Å²) in [5.74, 6) is 0.529. The number of urea groups is 1. The number of nitriles is 1. The first kappa shape index (κ1) is 17.2. The van der Waals surface area contributed by atoms with Crippen LogP contribution in [0.25, 0.3) is 0 Å². The van der Waals surface area contributed by atoms with Crippen LogP contribution in [0.5, 0.6) is 0 Å². The lowest BCUT2D eigenvalue weighted by Crippen LogP contribution is -2.38. The SMILES string of the molecule is CN(Cc1cc(Br)cs1)C(=O)NCCNc1ncccc1C#N. The van der Waals surface area contributed by atoms with Crippen LogP contribution in [0, 0.1) is 11.3 Å². The summed E-state index contributed by atoms with van der Waals surface area (Å²) in [6.45, 7) is 1.50. The van der Waals surface area contributed by atoms with E-state index in [4.69, 9.17) is 5.26 Å². The Kier molecular flexibility index (Phi) is 6.38. The summed E-state index contributed by atoms with van der Waals surface area (Å²) in [4.78, 5) is 18.8. The summed E-state index contributed by atoms with van der Waals surface area (Å²) >= 11 is 5.00. The van der Waals surface area contributed by atoms with Gasteiger partial charge in [-0.1, -0.05) is 0 Å². The van der Waals surface area contributed by atoms with Crippen molar-refractivity contribution in [1.82, 2.24) is 15.2 Å². The van der Waals surface area contributed by atoms with Crippen molar-refractivity contribution in [2.24, 2.45) is 0 Å². The minimum Gasteiger partial charge on any atom is -0.367 e. The minimum absolute atomic E-state index is 0.141. The normalized spacial score (nSPS) is 9.96.